The lowest BCUT2D eigenvalue weighted by atomic mass is 9.88. The first-order chi connectivity index (χ1) is 14.6. The van der Waals surface area contributed by atoms with Crippen LogP contribution in [0.1, 0.15) is 49.4 Å². The number of hydrogen-bond acceptors (Lipinski definition) is 6. The van der Waals surface area contributed by atoms with Gasteiger partial charge in [0.1, 0.15) is 5.69 Å². The second kappa shape index (κ2) is 6.73. The first-order valence-electron chi connectivity index (χ1n) is 9.42. The first kappa shape index (κ1) is 17.9. The number of carbonyl (C=O) groups is 3. The number of benzene rings is 1. The molecule has 0 atom stereocenters. The minimum atomic E-state index is -0.496. The Labute approximate surface area is 170 Å². The van der Waals surface area contributed by atoms with E-state index in [0.29, 0.717) is 38.9 Å². The van der Waals surface area contributed by atoms with Gasteiger partial charge < -0.3 is 9.72 Å². The number of hydrogen-bond donors (Lipinski definition) is 1. The van der Waals surface area contributed by atoms with Gasteiger partial charge in [-0.3, -0.25) is 14.6 Å². The molecule has 7 nitrogen and oxygen atoms in total. The molecule has 1 aliphatic carbocycles. The van der Waals surface area contributed by atoms with E-state index in [2.05, 4.69) is 15.0 Å². The molecule has 0 saturated carbocycles. The number of ether oxygens (including phenoxy) is 1. The van der Waals surface area contributed by atoms with Crippen molar-refractivity contribution in [1.29, 1.82) is 0 Å². The Morgan fingerprint density at radius 2 is 1.93 bits per heavy atom. The molecule has 0 saturated heterocycles. The highest BCUT2D eigenvalue weighted by Gasteiger charge is 2.33. The topological polar surface area (TPSA) is 102 Å². The highest BCUT2D eigenvalue weighted by Crippen LogP contribution is 2.34. The largest absolute Gasteiger partial charge is 0.461 e. The highest BCUT2D eigenvalue weighted by molar-refractivity contribution is 6.32. The van der Waals surface area contributed by atoms with E-state index in [4.69, 9.17) is 4.74 Å². The van der Waals surface area contributed by atoms with E-state index in [-0.39, 0.29) is 29.6 Å². The van der Waals surface area contributed by atoms with E-state index in [1.165, 1.54) is 12.4 Å². The van der Waals surface area contributed by atoms with Crippen LogP contribution in [0.2, 0.25) is 0 Å². The summed E-state index contributed by atoms with van der Waals surface area (Å²) in [6.45, 7) is 2.00. The van der Waals surface area contributed by atoms with Crippen LogP contribution >= 0.6 is 0 Å². The smallest absolute Gasteiger partial charge is 0.356 e. The average molecular weight is 397 g/mol. The van der Waals surface area contributed by atoms with Gasteiger partial charge in [-0.25, -0.2) is 9.78 Å². The Bertz CT molecular complexity index is 1370. The SMILES string of the molecule is CCOC(=O)c1cccc(-c2ccc3[nH]c4c(c3c2)C(=O)c2cnccc2C4=O)n1. The third kappa shape index (κ3) is 2.63. The Balaban J connectivity index is 1.65. The van der Waals surface area contributed by atoms with Gasteiger partial charge in [0.2, 0.25) is 5.78 Å². The standard InChI is InChI=1S/C23H15N3O4/c1-2-30-23(29)18-5-3-4-16(25-18)12-6-7-17-14(10-12)19-20(26-17)22(28)13-8-9-24-11-15(13)21(19)27/h3-11,26H,2H2,1H3. The molecule has 3 heterocycles. The molecule has 1 aromatic carbocycles. The number of nitrogens with zero attached hydrogens (tertiary/aromatic N) is 2. The molecule has 1 N–H and O–H groups in total. The summed E-state index contributed by atoms with van der Waals surface area (Å²) in [6, 6.07) is 12.1. The van der Waals surface area contributed by atoms with Crippen LogP contribution in [0.15, 0.2) is 54.9 Å². The van der Waals surface area contributed by atoms with Crippen molar-refractivity contribution in [3.8, 4) is 11.3 Å². The molecule has 30 heavy (non-hydrogen) atoms. The van der Waals surface area contributed by atoms with Crippen LogP contribution < -0.4 is 0 Å². The minimum Gasteiger partial charge on any atom is -0.461 e. The van der Waals surface area contributed by atoms with Crippen LogP contribution in [0.4, 0.5) is 0 Å². The lowest BCUT2D eigenvalue weighted by molar-refractivity contribution is 0.0519. The van der Waals surface area contributed by atoms with E-state index in [1.807, 2.05) is 6.07 Å². The first-order valence-corrected chi connectivity index (χ1v) is 9.42. The molecule has 0 spiro atoms. The van der Waals surface area contributed by atoms with Crippen molar-refractivity contribution >= 4 is 28.4 Å². The molecule has 7 heteroatoms. The van der Waals surface area contributed by atoms with Gasteiger partial charge in [-0.2, -0.15) is 0 Å². The van der Waals surface area contributed by atoms with Crippen LogP contribution in [0, 0.1) is 0 Å². The molecule has 146 valence electrons. The van der Waals surface area contributed by atoms with Gasteiger partial charge in [0.05, 0.1) is 29.1 Å². The molecule has 0 radical (unpaired) electrons. The number of aromatic amines is 1. The number of carbonyl (C=O) groups excluding carboxylic acids is 3. The van der Waals surface area contributed by atoms with E-state index >= 15 is 0 Å². The van der Waals surface area contributed by atoms with Crippen molar-refractivity contribution in [1.82, 2.24) is 15.0 Å². The molecule has 0 bridgehead atoms. The van der Waals surface area contributed by atoms with Crippen molar-refractivity contribution in [2.24, 2.45) is 0 Å². The number of H-pyrrole nitrogens is 1. The van der Waals surface area contributed by atoms with Crippen LogP contribution in [0.5, 0.6) is 0 Å². The van der Waals surface area contributed by atoms with Gasteiger partial charge in [-0.1, -0.05) is 12.1 Å². The summed E-state index contributed by atoms with van der Waals surface area (Å²) in [5.41, 5.74) is 3.41. The van der Waals surface area contributed by atoms with E-state index in [0.717, 1.165) is 0 Å². The third-order valence-electron chi connectivity index (χ3n) is 5.09. The summed E-state index contributed by atoms with van der Waals surface area (Å²) in [5.74, 6) is -0.976. The second-order valence-electron chi connectivity index (χ2n) is 6.84. The van der Waals surface area contributed by atoms with Gasteiger partial charge in [0, 0.05) is 34.4 Å². The third-order valence-corrected chi connectivity index (χ3v) is 5.09. The van der Waals surface area contributed by atoms with Gasteiger partial charge in [0.15, 0.2) is 5.78 Å². The Hall–Kier alpha value is -4.13. The molecule has 0 fully saturated rings. The maximum atomic E-state index is 13.1. The van der Waals surface area contributed by atoms with Crippen LogP contribution in [-0.2, 0) is 4.74 Å². The van der Waals surface area contributed by atoms with E-state index < -0.39 is 5.97 Å². The highest BCUT2D eigenvalue weighted by atomic mass is 16.5. The average Bonchev–Trinajstić information content (AvgIpc) is 3.17. The second-order valence-corrected chi connectivity index (χ2v) is 6.84. The fourth-order valence-electron chi connectivity index (χ4n) is 3.71. The fraction of sp³-hybridized carbons (Fsp3) is 0.0870. The van der Waals surface area contributed by atoms with E-state index in [9.17, 15) is 14.4 Å². The van der Waals surface area contributed by atoms with Crippen molar-refractivity contribution in [2.45, 2.75) is 6.92 Å². The lowest BCUT2D eigenvalue weighted by Gasteiger charge is -2.13. The maximum Gasteiger partial charge on any atom is 0.356 e. The van der Waals surface area contributed by atoms with Crippen LogP contribution in [0.3, 0.4) is 0 Å². The normalized spacial score (nSPS) is 12.6. The Kier molecular flexibility index (Phi) is 4.03. The van der Waals surface area contributed by atoms with Gasteiger partial charge >= 0.3 is 5.97 Å². The zero-order valence-electron chi connectivity index (χ0n) is 15.9. The molecule has 1 aliphatic rings. The summed E-state index contributed by atoms with van der Waals surface area (Å²) >= 11 is 0. The molecule has 4 aromatic rings. The fourth-order valence-corrected chi connectivity index (χ4v) is 3.71. The summed E-state index contributed by atoms with van der Waals surface area (Å²) in [6.07, 6.45) is 2.92. The monoisotopic (exact) mass is 397 g/mol. The number of ketones is 2. The predicted octanol–water partition coefficient (Wildman–Crippen LogP) is 3.58. The molecule has 5 rings (SSSR count). The van der Waals surface area contributed by atoms with Crippen molar-refractivity contribution in [3.63, 3.8) is 0 Å². The van der Waals surface area contributed by atoms with E-state index in [1.54, 1.807) is 43.3 Å². The number of esters is 1. The number of rotatable bonds is 3. The number of aromatic nitrogens is 3. The van der Waals surface area contributed by atoms with Gasteiger partial charge in [-0.05, 0) is 37.3 Å². The lowest BCUT2D eigenvalue weighted by Crippen LogP contribution is -2.20. The predicted molar refractivity (Wildman–Crippen MR) is 109 cm³/mol. The Morgan fingerprint density at radius 3 is 2.77 bits per heavy atom. The zero-order valence-corrected chi connectivity index (χ0v) is 15.9. The number of nitrogens with one attached hydrogen (secondary N) is 1. The van der Waals surface area contributed by atoms with Gasteiger partial charge in [0.25, 0.3) is 0 Å². The summed E-state index contributed by atoms with van der Waals surface area (Å²) in [7, 11) is 0. The number of pyridine rings is 2. The molecule has 3 aromatic heterocycles. The molecule has 0 unspecified atom stereocenters. The van der Waals surface area contributed by atoms with Gasteiger partial charge in [-0.15, -0.1) is 0 Å². The minimum absolute atomic E-state index is 0.205. The number of fused-ring (bicyclic) bond motifs is 4. The molecule has 0 amide bonds. The Morgan fingerprint density at radius 1 is 1.07 bits per heavy atom. The van der Waals surface area contributed by atoms with Crippen LogP contribution in [0.25, 0.3) is 22.2 Å². The quantitative estimate of drug-likeness (QED) is 0.467. The summed E-state index contributed by atoms with van der Waals surface area (Å²) < 4.78 is 5.02. The summed E-state index contributed by atoms with van der Waals surface area (Å²) in [5, 5.41) is 0.624. The van der Waals surface area contributed by atoms with Crippen molar-refractivity contribution in [3.05, 3.63) is 82.9 Å². The van der Waals surface area contributed by atoms with Crippen LogP contribution in [-0.4, -0.2) is 39.1 Å². The van der Waals surface area contributed by atoms with Crippen molar-refractivity contribution in [2.75, 3.05) is 6.61 Å². The maximum absolute atomic E-state index is 13.1. The zero-order chi connectivity index (χ0) is 20.8. The summed E-state index contributed by atoms with van der Waals surface area (Å²) in [4.78, 5) is 49.5. The van der Waals surface area contributed by atoms with Crippen molar-refractivity contribution < 1.29 is 19.1 Å². The molecule has 0 aliphatic heterocycles. The molecular weight excluding hydrogens is 382 g/mol. The molecular formula is C23H15N3O4.